The van der Waals surface area contributed by atoms with Crippen LogP contribution < -0.4 is 15.5 Å². The Hall–Kier alpha value is -3.15. The van der Waals surface area contributed by atoms with E-state index in [4.69, 9.17) is 0 Å². The van der Waals surface area contributed by atoms with Gasteiger partial charge in [-0.2, -0.15) is 0 Å². The zero-order valence-electron chi connectivity index (χ0n) is 19.1. The van der Waals surface area contributed by atoms with Crippen LogP contribution in [0.4, 0.5) is 5.69 Å². The maximum Gasteiger partial charge on any atom is 0.177 e. The van der Waals surface area contributed by atoms with Crippen LogP contribution >= 0.6 is 0 Å². The smallest absolute Gasteiger partial charge is 0.177 e. The van der Waals surface area contributed by atoms with Gasteiger partial charge in [0.2, 0.25) is 0 Å². The Morgan fingerprint density at radius 2 is 1.18 bits per heavy atom. The molecule has 33 heavy (non-hydrogen) atoms. The second kappa shape index (κ2) is 14.8. The fraction of sp³-hybridized carbons (Fsp3) is 0.444. The Labute approximate surface area is 196 Å². The SMILES string of the molecule is O=C([O-])C(C(=O)[O-])C(=O)c1ccc(NCCCCCCCCCCCc2ccccc2)cc1. The van der Waals surface area contributed by atoms with E-state index in [1.165, 1.54) is 69.1 Å². The number of aryl methyl sites for hydroxylation is 1. The van der Waals surface area contributed by atoms with Crippen molar-refractivity contribution in [3.8, 4) is 0 Å². The molecule has 0 aromatic heterocycles. The fourth-order valence-electron chi connectivity index (χ4n) is 3.80. The third kappa shape index (κ3) is 9.89. The van der Waals surface area contributed by atoms with Crippen LogP contribution in [0, 0.1) is 5.92 Å². The number of nitrogens with one attached hydrogen (secondary N) is 1. The van der Waals surface area contributed by atoms with Crippen LogP contribution in [0.3, 0.4) is 0 Å². The molecule has 1 N–H and O–H groups in total. The Morgan fingerprint density at radius 3 is 1.73 bits per heavy atom. The number of unbranched alkanes of at least 4 members (excludes halogenated alkanes) is 8. The Morgan fingerprint density at radius 1 is 0.667 bits per heavy atom. The molecule has 6 heteroatoms. The molecule has 6 nitrogen and oxygen atoms in total. The molecule has 2 aromatic rings. The highest BCUT2D eigenvalue weighted by Gasteiger charge is 2.22. The van der Waals surface area contributed by atoms with Crippen LogP contribution in [-0.2, 0) is 16.0 Å². The van der Waals surface area contributed by atoms with Gasteiger partial charge >= 0.3 is 0 Å². The number of hydrogen-bond acceptors (Lipinski definition) is 6. The molecule has 178 valence electrons. The van der Waals surface area contributed by atoms with E-state index in [0.29, 0.717) is 0 Å². The highest BCUT2D eigenvalue weighted by atomic mass is 16.4. The summed E-state index contributed by atoms with van der Waals surface area (Å²) in [4.78, 5) is 33.7. The summed E-state index contributed by atoms with van der Waals surface area (Å²) in [7, 11) is 0. The third-order valence-electron chi connectivity index (χ3n) is 5.72. The van der Waals surface area contributed by atoms with E-state index in [9.17, 15) is 24.6 Å². The first-order chi connectivity index (χ1) is 16.0. The topological polar surface area (TPSA) is 109 Å². The van der Waals surface area contributed by atoms with E-state index in [-0.39, 0.29) is 5.56 Å². The average Bonchev–Trinajstić information content (AvgIpc) is 2.80. The first kappa shape index (κ1) is 26.1. The molecule has 0 saturated heterocycles. The van der Waals surface area contributed by atoms with Crippen molar-refractivity contribution in [2.75, 3.05) is 11.9 Å². The van der Waals surface area contributed by atoms with Crippen LogP contribution in [-0.4, -0.2) is 24.3 Å². The molecule has 0 saturated carbocycles. The van der Waals surface area contributed by atoms with E-state index >= 15 is 0 Å². The Kier molecular flexibility index (Phi) is 11.7. The number of rotatable bonds is 17. The maximum absolute atomic E-state index is 12.0. The van der Waals surface area contributed by atoms with Crippen molar-refractivity contribution >= 4 is 23.4 Å². The number of carboxylic acids is 2. The lowest BCUT2D eigenvalue weighted by molar-refractivity contribution is -0.328. The van der Waals surface area contributed by atoms with Crippen LogP contribution in [0.5, 0.6) is 0 Å². The van der Waals surface area contributed by atoms with E-state index in [2.05, 4.69) is 35.6 Å². The molecule has 0 unspecified atom stereocenters. The highest BCUT2D eigenvalue weighted by molar-refractivity contribution is 6.19. The lowest BCUT2D eigenvalue weighted by Gasteiger charge is -2.17. The van der Waals surface area contributed by atoms with Crippen LogP contribution in [0.25, 0.3) is 0 Å². The largest absolute Gasteiger partial charge is 0.549 e. The number of hydrogen-bond donors (Lipinski definition) is 1. The van der Waals surface area contributed by atoms with Crippen molar-refractivity contribution in [1.29, 1.82) is 0 Å². The molecule has 0 aliphatic rings. The summed E-state index contributed by atoms with van der Waals surface area (Å²) >= 11 is 0. The van der Waals surface area contributed by atoms with Crippen molar-refractivity contribution in [3.63, 3.8) is 0 Å². The minimum Gasteiger partial charge on any atom is -0.549 e. The molecule has 0 atom stereocenters. The first-order valence-electron chi connectivity index (χ1n) is 11.8. The normalized spacial score (nSPS) is 10.8. The third-order valence-corrected chi connectivity index (χ3v) is 5.72. The second-order valence-electron chi connectivity index (χ2n) is 8.36. The molecule has 0 radical (unpaired) electrons. The van der Waals surface area contributed by atoms with Gasteiger partial charge in [0.1, 0.15) is 5.92 Å². The number of aliphatic carboxylic acids is 2. The van der Waals surface area contributed by atoms with Crippen LogP contribution in [0.15, 0.2) is 54.6 Å². The number of carbonyl (C=O) groups excluding carboxylic acids is 3. The van der Waals surface area contributed by atoms with E-state index in [1.54, 1.807) is 12.1 Å². The molecule has 2 aromatic carbocycles. The summed E-state index contributed by atoms with van der Waals surface area (Å²) in [5.74, 6) is -7.27. The fourth-order valence-corrected chi connectivity index (χ4v) is 3.80. The van der Waals surface area contributed by atoms with Gasteiger partial charge in [-0.05, 0) is 49.1 Å². The van der Waals surface area contributed by atoms with E-state index in [1.807, 2.05) is 0 Å². The zero-order valence-corrected chi connectivity index (χ0v) is 19.1. The van der Waals surface area contributed by atoms with Gasteiger partial charge in [0.25, 0.3) is 0 Å². The molecular formula is C27H33NO5-2. The maximum atomic E-state index is 12.0. The number of benzene rings is 2. The zero-order chi connectivity index (χ0) is 23.9. The number of anilines is 1. The summed E-state index contributed by atoms with van der Waals surface area (Å²) in [6.45, 7) is 0.799. The van der Waals surface area contributed by atoms with Gasteiger partial charge in [-0.25, -0.2) is 0 Å². The average molecular weight is 452 g/mol. The lowest BCUT2D eigenvalue weighted by Crippen LogP contribution is -2.47. The second-order valence-corrected chi connectivity index (χ2v) is 8.36. The summed E-state index contributed by atoms with van der Waals surface area (Å²) in [6, 6.07) is 16.7. The predicted octanol–water partition coefficient (Wildman–Crippen LogP) is 3.15. The molecule has 0 heterocycles. The standard InChI is InChI=1S/C27H35NO5/c29-25(24(26(30)31)27(32)33)22-16-18-23(19-17-22)28-20-12-7-5-3-1-2-4-6-9-13-21-14-10-8-11-15-21/h8,10-11,14-19,24,28H,1-7,9,12-13,20H2,(H,30,31)(H,32,33)/p-2. The van der Waals surface area contributed by atoms with Crippen molar-refractivity contribution in [3.05, 3.63) is 65.7 Å². The van der Waals surface area contributed by atoms with Gasteiger partial charge in [0.05, 0.1) is 11.9 Å². The highest BCUT2D eigenvalue weighted by Crippen LogP contribution is 2.15. The number of carbonyl (C=O) groups is 3. The quantitative estimate of drug-likeness (QED) is 0.225. The van der Waals surface area contributed by atoms with Gasteiger partial charge in [-0.1, -0.05) is 75.3 Å². The summed E-state index contributed by atoms with van der Waals surface area (Å²) in [5.41, 5.74) is 2.22. The monoisotopic (exact) mass is 451 g/mol. The van der Waals surface area contributed by atoms with Gasteiger partial charge in [-0.3, -0.25) is 4.79 Å². The van der Waals surface area contributed by atoms with E-state index in [0.717, 1.165) is 25.1 Å². The lowest BCUT2D eigenvalue weighted by atomic mass is 9.97. The molecule has 0 amide bonds. The van der Waals surface area contributed by atoms with Gasteiger partial charge in [0.15, 0.2) is 5.78 Å². The van der Waals surface area contributed by atoms with Crippen molar-refractivity contribution in [1.82, 2.24) is 0 Å². The Balaban J connectivity index is 1.49. The molecule has 0 spiro atoms. The van der Waals surface area contributed by atoms with Crippen molar-refractivity contribution < 1.29 is 24.6 Å². The molecule has 0 fully saturated rings. The first-order valence-corrected chi connectivity index (χ1v) is 11.8. The minimum atomic E-state index is -2.29. The number of ketones is 1. The van der Waals surface area contributed by atoms with Crippen LogP contribution in [0.1, 0.15) is 73.7 Å². The Bertz CT molecular complexity index is 850. The van der Waals surface area contributed by atoms with Gasteiger partial charge in [0, 0.05) is 17.8 Å². The molecule has 0 aliphatic carbocycles. The van der Waals surface area contributed by atoms with Gasteiger partial charge < -0.3 is 25.1 Å². The number of Topliss-reactive ketones (excluding diaryl/α,β-unsaturated/α-hetero) is 1. The number of carboxylic acid groups (broad SMARTS) is 2. The van der Waals surface area contributed by atoms with Gasteiger partial charge in [-0.15, -0.1) is 0 Å². The van der Waals surface area contributed by atoms with Crippen molar-refractivity contribution in [2.24, 2.45) is 5.92 Å². The summed E-state index contributed by atoms with van der Waals surface area (Å²) < 4.78 is 0. The minimum absolute atomic E-state index is 0.000911. The molecular weight excluding hydrogens is 418 g/mol. The van der Waals surface area contributed by atoms with Crippen molar-refractivity contribution in [2.45, 2.75) is 64.2 Å². The predicted molar refractivity (Wildman–Crippen MR) is 124 cm³/mol. The molecule has 0 bridgehead atoms. The summed E-state index contributed by atoms with van der Waals surface area (Å²) in [5, 5.41) is 24.9. The molecule has 2 rings (SSSR count). The summed E-state index contributed by atoms with van der Waals surface area (Å²) in [6.07, 6.45) is 12.3. The molecule has 0 aliphatic heterocycles. The van der Waals surface area contributed by atoms with E-state index < -0.39 is 23.6 Å². The van der Waals surface area contributed by atoms with Crippen LogP contribution in [0.2, 0.25) is 0 Å².